The first kappa shape index (κ1) is 13.4. The van der Waals surface area contributed by atoms with Crippen LogP contribution in [0, 0.1) is 10.1 Å². The number of ether oxygens (including phenoxy) is 1. The maximum Gasteiger partial charge on any atom is 0.313 e. The summed E-state index contributed by atoms with van der Waals surface area (Å²) in [6.45, 7) is 0. The fourth-order valence-electron chi connectivity index (χ4n) is 2.09. The van der Waals surface area contributed by atoms with Gasteiger partial charge in [-0.2, -0.15) is 0 Å². The maximum absolute atomic E-state index is 11.0. The summed E-state index contributed by atoms with van der Waals surface area (Å²) in [5.74, 6) is 0.560. The Morgan fingerprint density at radius 2 is 1.71 bits per heavy atom. The molecule has 0 aliphatic carbocycles. The number of rotatable bonds is 3. The number of halogens is 1. The van der Waals surface area contributed by atoms with Crippen LogP contribution in [0.2, 0.25) is 5.02 Å². The highest BCUT2D eigenvalue weighted by Crippen LogP contribution is 2.38. The van der Waals surface area contributed by atoms with E-state index < -0.39 is 4.92 Å². The SMILES string of the molecule is O=[N+]([O-])c1cccc(Cl)c1Oc1ccc2ccccc2c1. The summed E-state index contributed by atoms with van der Waals surface area (Å²) in [5, 5.41) is 13.3. The lowest BCUT2D eigenvalue weighted by Crippen LogP contribution is -1.94. The Balaban J connectivity index is 2.04. The monoisotopic (exact) mass is 299 g/mol. The van der Waals surface area contributed by atoms with Crippen molar-refractivity contribution in [3.05, 3.63) is 75.8 Å². The first-order chi connectivity index (χ1) is 10.1. The molecule has 0 unspecified atom stereocenters. The molecule has 5 heteroatoms. The summed E-state index contributed by atoms with van der Waals surface area (Å²) in [6, 6.07) is 17.7. The molecule has 0 bridgehead atoms. The highest BCUT2D eigenvalue weighted by Gasteiger charge is 2.19. The number of benzene rings is 3. The van der Waals surface area contributed by atoms with Gasteiger partial charge in [0.15, 0.2) is 0 Å². The van der Waals surface area contributed by atoms with Gasteiger partial charge in [-0.25, -0.2) is 0 Å². The molecule has 0 N–H and O–H groups in total. The first-order valence-electron chi connectivity index (χ1n) is 6.25. The van der Waals surface area contributed by atoms with Gasteiger partial charge in [0.05, 0.1) is 9.95 Å². The Morgan fingerprint density at radius 3 is 2.48 bits per heavy atom. The Labute approximate surface area is 125 Å². The predicted octanol–water partition coefficient (Wildman–Crippen LogP) is 5.19. The molecule has 0 atom stereocenters. The van der Waals surface area contributed by atoms with Gasteiger partial charge in [0.1, 0.15) is 5.75 Å². The normalized spacial score (nSPS) is 10.5. The van der Waals surface area contributed by atoms with Crippen molar-refractivity contribution >= 4 is 28.1 Å². The summed E-state index contributed by atoms with van der Waals surface area (Å²) < 4.78 is 5.64. The molecule has 0 saturated carbocycles. The van der Waals surface area contributed by atoms with Crippen molar-refractivity contribution in [1.29, 1.82) is 0 Å². The number of hydrogen-bond acceptors (Lipinski definition) is 3. The number of nitrogens with zero attached hydrogens (tertiary/aromatic N) is 1. The third-order valence-electron chi connectivity index (χ3n) is 3.08. The second kappa shape index (κ2) is 5.42. The van der Waals surface area contributed by atoms with Gasteiger partial charge in [-0.15, -0.1) is 0 Å². The average molecular weight is 300 g/mol. The minimum Gasteiger partial charge on any atom is -0.449 e. The summed E-state index contributed by atoms with van der Waals surface area (Å²) in [7, 11) is 0. The number of hydrogen-bond donors (Lipinski definition) is 0. The Hall–Kier alpha value is -2.59. The molecule has 0 aromatic heterocycles. The van der Waals surface area contributed by atoms with Gasteiger partial charge in [-0.3, -0.25) is 10.1 Å². The van der Waals surface area contributed by atoms with E-state index in [2.05, 4.69) is 0 Å². The van der Waals surface area contributed by atoms with E-state index >= 15 is 0 Å². The van der Waals surface area contributed by atoms with Gasteiger partial charge in [-0.1, -0.05) is 48.0 Å². The summed E-state index contributed by atoms with van der Waals surface area (Å²) >= 11 is 6.01. The van der Waals surface area contributed by atoms with Crippen molar-refractivity contribution in [2.75, 3.05) is 0 Å². The second-order valence-electron chi connectivity index (χ2n) is 4.46. The molecular formula is C16H10ClNO3. The van der Waals surface area contributed by atoms with Crippen molar-refractivity contribution in [3.63, 3.8) is 0 Å². The molecule has 0 fully saturated rings. The van der Waals surface area contributed by atoms with Gasteiger partial charge >= 0.3 is 5.69 Å². The lowest BCUT2D eigenvalue weighted by Gasteiger charge is -2.08. The molecule has 21 heavy (non-hydrogen) atoms. The van der Waals surface area contributed by atoms with Crippen LogP contribution < -0.4 is 4.74 Å². The summed E-state index contributed by atoms with van der Waals surface area (Å²) in [6.07, 6.45) is 0. The summed E-state index contributed by atoms with van der Waals surface area (Å²) in [4.78, 5) is 10.5. The molecular weight excluding hydrogens is 290 g/mol. The highest BCUT2D eigenvalue weighted by atomic mass is 35.5. The molecule has 4 nitrogen and oxygen atoms in total. The number of fused-ring (bicyclic) bond motifs is 1. The smallest absolute Gasteiger partial charge is 0.313 e. The zero-order valence-corrected chi connectivity index (χ0v) is 11.6. The van der Waals surface area contributed by atoms with E-state index in [0.29, 0.717) is 5.75 Å². The van der Waals surface area contributed by atoms with Crippen molar-refractivity contribution in [2.24, 2.45) is 0 Å². The zero-order chi connectivity index (χ0) is 14.8. The van der Waals surface area contributed by atoms with Crippen LogP contribution in [0.25, 0.3) is 10.8 Å². The molecule has 0 spiro atoms. The van der Waals surface area contributed by atoms with E-state index in [-0.39, 0.29) is 16.5 Å². The molecule has 0 saturated heterocycles. The van der Waals surface area contributed by atoms with Crippen LogP contribution in [-0.4, -0.2) is 4.92 Å². The minimum absolute atomic E-state index is 0.0550. The summed E-state index contributed by atoms with van der Waals surface area (Å²) in [5.41, 5.74) is -0.157. The fourth-order valence-corrected chi connectivity index (χ4v) is 2.30. The fraction of sp³-hybridized carbons (Fsp3) is 0. The molecule has 3 rings (SSSR count). The van der Waals surface area contributed by atoms with E-state index in [1.165, 1.54) is 12.1 Å². The third kappa shape index (κ3) is 2.66. The van der Waals surface area contributed by atoms with Crippen molar-refractivity contribution < 1.29 is 9.66 Å². The molecule has 0 radical (unpaired) electrons. The van der Waals surface area contributed by atoms with Crippen LogP contribution in [0.4, 0.5) is 5.69 Å². The Bertz CT molecular complexity index is 833. The predicted molar refractivity (Wildman–Crippen MR) is 82.1 cm³/mol. The molecule has 0 aliphatic heterocycles. The number of para-hydroxylation sites is 1. The van der Waals surface area contributed by atoms with Crippen LogP contribution >= 0.6 is 11.6 Å². The maximum atomic E-state index is 11.0. The standard InChI is InChI=1S/C16H10ClNO3/c17-14-6-3-7-15(18(19)20)16(14)21-13-9-8-11-4-1-2-5-12(11)10-13/h1-10H. The van der Waals surface area contributed by atoms with E-state index in [4.69, 9.17) is 16.3 Å². The molecule has 3 aromatic carbocycles. The van der Waals surface area contributed by atoms with Crippen LogP contribution in [-0.2, 0) is 0 Å². The number of nitro benzene ring substituents is 1. The van der Waals surface area contributed by atoms with Gasteiger partial charge < -0.3 is 4.74 Å². The minimum atomic E-state index is -0.512. The Kier molecular flexibility index (Phi) is 3.46. The number of nitro groups is 1. The van der Waals surface area contributed by atoms with Gasteiger partial charge in [0.2, 0.25) is 5.75 Å². The van der Waals surface area contributed by atoms with Crippen molar-refractivity contribution in [3.8, 4) is 11.5 Å². The quantitative estimate of drug-likeness (QED) is 0.494. The first-order valence-corrected chi connectivity index (χ1v) is 6.62. The molecule has 0 heterocycles. The molecule has 0 aliphatic rings. The largest absolute Gasteiger partial charge is 0.449 e. The molecule has 3 aromatic rings. The van der Waals surface area contributed by atoms with E-state index in [9.17, 15) is 10.1 Å². The van der Waals surface area contributed by atoms with E-state index in [0.717, 1.165) is 10.8 Å². The van der Waals surface area contributed by atoms with Crippen molar-refractivity contribution in [2.45, 2.75) is 0 Å². The van der Waals surface area contributed by atoms with E-state index in [1.54, 1.807) is 12.1 Å². The lowest BCUT2D eigenvalue weighted by molar-refractivity contribution is -0.385. The van der Waals surface area contributed by atoms with Crippen LogP contribution in [0.3, 0.4) is 0 Å². The Morgan fingerprint density at radius 1 is 0.952 bits per heavy atom. The van der Waals surface area contributed by atoms with Gasteiger partial charge in [-0.05, 0) is 29.0 Å². The van der Waals surface area contributed by atoms with Gasteiger partial charge in [0, 0.05) is 6.07 Å². The van der Waals surface area contributed by atoms with Crippen LogP contribution in [0.5, 0.6) is 11.5 Å². The molecule has 0 amide bonds. The van der Waals surface area contributed by atoms with E-state index in [1.807, 2.05) is 36.4 Å². The lowest BCUT2D eigenvalue weighted by atomic mass is 10.1. The second-order valence-corrected chi connectivity index (χ2v) is 4.86. The van der Waals surface area contributed by atoms with Crippen LogP contribution in [0.1, 0.15) is 0 Å². The van der Waals surface area contributed by atoms with Crippen LogP contribution in [0.15, 0.2) is 60.7 Å². The third-order valence-corrected chi connectivity index (χ3v) is 3.38. The highest BCUT2D eigenvalue weighted by molar-refractivity contribution is 6.32. The molecule has 104 valence electrons. The topological polar surface area (TPSA) is 52.4 Å². The van der Waals surface area contributed by atoms with Gasteiger partial charge in [0.25, 0.3) is 0 Å². The van der Waals surface area contributed by atoms with Crippen molar-refractivity contribution in [1.82, 2.24) is 0 Å². The zero-order valence-electron chi connectivity index (χ0n) is 10.8. The average Bonchev–Trinajstić information content (AvgIpc) is 2.49.